The van der Waals surface area contributed by atoms with E-state index >= 15 is 0 Å². The van der Waals surface area contributed by atoms with E-state index in [1.54, 1.807) is 0 Å². The van der Waals surface area contributed by atoms with Crippen molar-refractivity contribution in [1.82, 2.24) is 0 Å². The molecule has 1 atom stereocenters. The number of hydrogen-bond acceptors (Lipinski definition) is 6. The summed E-state index contributed by atoms with van der Waals surface area (Å²) in [6.07, 6.45) is -1.25. The number of benzene rings is 2. The van der Waals surface area contributed by atoms with Crippen LogP contribution in [0.2, 0.25) is 5.02 Å². The summed E-state index contributed by atoms with van der Waals surface area (Å²) in [5.41, 5.74) is 0.194. The summed E-state index contributed by atoms with van der Waals surface area (Å²) in [7, 11) is 0. The smallest absolute Gasteiger partial charge is 0.387 e. The number of nitro groups is 1. The van der Waals surface area contributed by atoms with Crippen LogP contribution in [0.15, 0.2) is 36.4 Å². The summed E-state index contributed by atoms with van der Waals surface area (Å²) >= 11 is 5.80. The summed E-state index contributed by atoms with van der Waals surface area (Å²) in [5.74, 6) is -1.91. The van der Waals surface area contributed by atoms with Gasteiger partial charge >= 0.3 is 12.6 Å². The Morgan fingerprint density at radius 1 is 1.21 bits per heavy atom. The van der Waals surface area contributed by atoms with Gasteiger partial charge in [0, 0.05) is 17.3 Å². The van der Waals surface area contributed by atoms with Crippen molar-refractivity contribution < 1.29 is 32.8 Å². The number of nitrogens with one attached hydrogen (secondary N) is 1. The Hall–Kier alpha value is -3.27. The number of alkyl halides is 2. The molecule has 0 radical (unpaired) electrons. The Morgan fingerprint density at radius 2 is 1.90 bits per heavy atom. The first-order valence-corrected chi connectivity index (χ1v) is 8.47. The molecular weight excluding hydrogens is 414 g/mol. The van der Waals surface area contributed by atoms with Gasteiger partial charge < -0.3 is 14.8 Å². The van der Waals surface area contributed by atoms with Gasteiger partial charge in [0.05, 0.1) is 15.5 Å². The van der Waals surface area contributed by atoms with E-state index in [0.717, 1.165) is 12.1 Å². The minimum Gasteiger partial charge on any atom is -0.449 e. The maximum Gasteiger partial charge on any atom is 0.387 e. The first kappa shape index (κ1) is 22.0. The van der Waals surface area contributed by atoms with Crippen molar-refractivity contribution in [3.63, 3.8) is 0 Å². The lowest BCUT2D eigenvalue weighted by Crippen LogP contribution is -2.30. The minimum absolute atomic E-state index is 0.0847. The van der Waals surface area contributed by atoms with Crippen LogP contribution in [0.1, 0.15) is 22.8 Å². The summed E-state index contributed by atoms with van der Waals surface area (Å²) in [6.45, 7) is -0.234. The van der Waals surface area contributed by atoms with Crippen LogP contribution in [0, 0.1) is 17.0 Å². The molecule has 0 aliphatic heterocycles. The second-order valence-electron chi connectivity index (χ2n) is 5.82. The third-order valence-electron chi connectivity index (χ3n) is 3.71. The molecule has 1 unspecified atom stereocenters. The van der Waals surface area contributed by atoms with E-state index in [1.807, 2.05) is 0 Å². The number of nitrogens with zero attached hydrogens (tertiary/aromatic N) is 1. The number of esters is 1. The van der Waals surface area contributed by atoms with Gasteiger partial charge in [-0.15, -0.1) is 0 Å². The monoisotopic (exact) mass is 428 g/mol. The van der Waals surface area contributed by atoms with Gasteiger partial charge in [-0.25, -0.2) is 4.79 Å². The SMILES string of the molecule is Cc1ccc(C(=O)OC(C)C(=O)Nc2ccc(OC(F)F)c(Cl)c2)cc1[N+](=O)[O-]. The van der Waals surface area contributed by atoms with Gasteiger partial charge in [0.25, 0.3) is 11.6 Å². The molecule has 11 heteroatoms. The lowest BCUT2D eigenvalue weighted by Gasteiger charge is -2.14. The molecule has 0 saturated carbocycles. The van der Waals surface area contributed by atoms with E-state index in [2.05, 4.69) is 10.1 Å². The summed E-state index contributed by atoms with van der Waals surface area (Å²) in [5, 5.41) is 13.2. The van der Waals surface area contributed by atoms with Crippen LogP contribution in [0.4, 0.5) is 20.2 Å². The molecule has 2 rings (SSSR count). The normalized spacial score (nSPS) is 11.7. The second-order valence-corrected chi connectivity index (χ2v) is 6.23. The number of aryl methyl sites for hydroxylation is 1. The molecule has 2 aromatic carbocycles. The van der Waals surface area contributed by atoms with Crippen molar-refractivity contribution in [2.45, 2.75) is 26.6 Å². The number of hydrogen-bond donors (Lipinski definition) is 1. The molecule has 0 bridgehead atoms. The van der Waals surface area contributed by atoms with E-state index in [-0.39, 0.29) is 27.7 Å². The zero-order chi connectivity index (χ0) is 21.7. The maximum absolute atomic E-state index is 12.2. The number of nitro benzene ring substituents is 1. The first-order valence-electron chi connectivity index (χ1n) is 8.09. The Bertz CT molecular complexity index is 954. The topological polar surface area (TPSA) is 108 Å². The predicted octanol–water partition coefficient (Wildman–Crippen LogP) is 4.34. The molecule has 2 aromatic rings. The fourth-order valence-corrected chi connectivity index (χ4v) is 2.45. The molecule has 8 nitrogen and oxygen atoms in total. The van der Waals surface area contributed by atoms with Gasteiger partial charge in [0.2, 0.25) is 0 Å². The summed E-state index contributed by atoms with van der Waals surface area (Å²) < 4.78 is 33.7. The summed E-state index contributed by atoms with van der Waals surface area (Å²) in [4.78, 5) is 34.7. The van der Waals surface area contributed by atoms with Gasteiger partial charge in [-0.3, -0.25) is 14.9 Å². The lowest BCUT2D eigenvalue weighted by molar-refractivity contribution is -0.385. The van der Waals surface area contributed by atoms with Crippen molar-refractivity contribution >= 4 is 34.9 Å². The van der Waals surface area contributed by atoms with Crippen molar-refractivity contribution in [2.24, 2.45) is 0 Å². The molecular formula is C18H15ClF2N2O6. The molecule has 1 amide bonds. The highest BCUT2D eigenvalue weighted by Crippen LogP contribution is 2.29. The quantitative estimate of drug-likeness (QED) is 0.399. The van der Waals surface area contributed by atoms with Crippen molar-refractivity contribution in [3.05, 3.63) is 62.7 Å². The van der Waals surface area contributed by atoms with E-state index in [4.69, 9.17) is 16.3 Å². The average molecular weight is 429 g/mol. The number of amides is 1. The number of anilines is 1. The van der Waals surface area contributed by atoms with Gasteiger partial charge in [-0.05, 0) is 38.1 Å². The lowest BCUT2D eigenvalue weighted by atomic mass is 10.1. The Balaban J connectivity index is 2.04. The highest BCUT2D eigenvalue weighted by atomic mass is 35.5. The highest BCUT2D eigenvalue weighted by molar-refractivity contribution is 6.32. The molecule has 0 aliphatic carbocycles. The van der Waals surface area contributed by atoms with Crippen LogP contribution < -0.4 is 10.1 Å². The van der Waals surface area contributed by atoms with Gasteiger partial charge in [0.15, 0.2) is 6.10 Å². The minimum atomic E-state index is -3.05. The predicted molar refractivity (Wildman–Crippen MR) is 99.4 cm³/mol. The van der Waals surface area contributed by atoms with E-state index in [0.29, 0.717) is 5.56 Å². The average Bonchev–Trinajstić information content (AvgIpc) is 2.63. The zero-order valence-electron chi connectivity index (χ0n) is 15.1. The van der Waals surface area contributed by atoms with Crippen LogP contribution in [0.25, 0.3) is 0 Å². The van der Waals surface area contributed by atoms with E-state index in [1.165, 1.54) is 38.1 Å². The van der Waals surface area contributed by atoms with Gasteiger partial charge in [0.1, 0.15) is 5.75 Å². The number of halogens is 3. The van der Waals surface area contributed by atoms with Crippen LogP contribution in [-0.2, 0) is 9.53 Å². The Labute approximate surface area is 168 Å². The first-order chi connectivity index (χ1) is 13.6. The Morgan fingerprint density at radius 3 is 2.48 bits per heavy atom. The Kier molecular flexibility index (Phi) is 7.05. The highest BCUT2D eigenvalue weighted by Gasteiger charge is 2.22. The zero-order valence-corrected chi connectivity index (χ0v) is 15.9. The number of carbonyl (C=O) groups is 2. The van der Waals surface area contributed by atoms with E-state index < -0.39 is 29.5 Å². The molecule has 29 heavy (non-hydrogen) atoms. The van der Waals surface area contributed by atoms with Crippen molar-refractivity contribution in [3.8, 4) is 5.75 Å². The molecule has 0 spiro atoms. The fraction of sp³-hybridized carbons (Fsp3) is 0.222. The number of carbonyl (C=O) groups excluding carboxylic acids is 2. The largest absolute Gasteiger partial charge is 0.449 e. The molecule has 0 fully saturated rings. The third kappa shape index (κ3) is 5.85. The fourth-order valence-electron chi connectivity index (χ4n) is 2.23. The molecule has 0 aliphatic rings. The maximum atomic E-state index is 12.2. The molecule has 0 heterocycles. The molecule has 0 aromatic heterocycles. The molecule has 1 N–H and O–H groups in total. The second kappa shape index (κ2) is 9.28. The summed E-state index contributed by atoms with van der Waals surface area (Å²) in [6, 6.07) is 7.41. The van der Waals surface area contributed by atoms with Crippen molar-refractivity contribution in [1.29, 1.82) is 0 Å². The van der Waals surface area contributed by atoms with Crippen LogP contribution in [0.3, 0.4) is 0 Å². The third-order valence-corrected chi connectivity index (χ3v) is 4.01. The molecule has 154 valence electrons. The number of ether oxygens (including phenoxy) is 2. The van der Waals surface area contributed by atoms with Crippen LogP contribution in [-0.4, -0.2) is 29.5 Å². The van der Waals surface area contributed by atoms with Gasteiger partial charge in [-0.1, -0.05) is 17.7 Å². The van der Waals surface area contributed by atoms with Crippen LogP contribution >= 0.6 is 11.6 Å². The van der Waals surface area contributed by atoms with Crippen LogP contribution in [0.5, 0.6) is 5.75 Å². The van der Waals surface area contributed by atoms with Crippen molar-refractivity contribution in [2.75, 3.05) is 5.32 Å². The standard InChI is InChI=1S/C18H15ClF2N2O6/c1-9-3-4-11(7-14(9)23(26)27)17(25)28-10(2)16(24)22-12-5-6-15(13(19)8-12)29-18(20)21/h3-8,10,18H,1-2H3,(H,22,24). The molecule has 0 saturated heterocycles. The van der Waals surface area contributed by atoms with E-state index in [9.17, 15) is 28.5 Å². The number of rotatable bonds is 7. The van der Waals surface area contributed by atoms with Gasteiger partial charge in [-0.2, -0.15) is 8.78 Å².